The van der Waals surface area contributed by atoms with E-state index in [9.17, 15) is 14.6 Å². The first kappa shape index (κ1) is 30.0. The minimum atomic E-state index is -4.12. The average Bonchev–Trinajstić information content (AvgIpc) is 2.66. The van der Waals surface area contributed by atoms with Crippen molar-refractivity contribution in [2.75, 3.05) is 54.1 Å². The van der Waals surface area contributed by atoms with Crippen molar-refractivity contribution in [2.24, 2.45) is 0 Å². The summed E-state index contributed by atoms with van der Waals surface area (Å²) < 4.78 is 28.0. The summed E-state index contributed by atoms with van der Waals surface area (Å²) in [6.07, 6.45) is 14.7. The molecular formula is C22H49NO6P+. The molecule has 0 aliphatic carbocycles. The highest BCUT2D eigenvalue weighted by Gasteiger charge is 2.24. The van der Waals surface area contributed by atoms with Gasteiger partial charge in [0.2, 0.25) is 0 Å². The van der Waals surface area contributed by atoms with Crippen LogP contribution in [0.5, 0.6) is 0 Å². The molecule has 0 fully saturated rings. The molecule has 2 N–H and O–H groups in total. The van der Waals surface area contributed by atoms with E-state index in [0.717, 1.165) is 12.8 Å². The minimum Gasteiger partial charge on any atom is -0.394 e. The monoisotopic (exact) mass is 454 g/mol. The third-order valence-electron chi connectivity index (χ3n) is 5.00. The molecule has 30 heavy (non-hydrogen) atoms. The van der Waals surface area contributed by atoms with Crippen molar-refractivity contribution < 1.29 is 32.8 Å². The highest BCUT2D eigenvalue weighted by atomic mass is 31.2. The summed E-state index contributed by atoms with van der Waals surface area (Å²) in [5.41, 5.74) is 0. The molecule has 182 valence electrons. The number of unbranched alkanes of at least 4 members (excludes halogenated alkanes) is 11. The van der Waals surface area contributed by atoms with E-state index in [2.05, 4.69) is 6.92 Å². The standard InChI is InChI=1S/C22H48NO6P/c1-5-6-7-8-9-10-11-12-13-14-15-16-18-27-22(20-24)21-29-30(25,26)28-19-17-23(2,3)4/h22,24H,5-21H2,1-4H3/p+1/t22-/m0/s1. The van der Waals surface area contributed by atoms with Crippen LogP contribution < -0.4 is 0 Å². The first-order valence-corrected chi connectivity index (χ1v) is 13.3. The number of hydrogen-bond acceptors (Lipinski definition) is 5. The summed E-state index contributed by atoms with van der Waals surface area (Å²) in [6.45, 7) is 3.07. The molecule has 8 heteroatoms. The van der Waals surface area contributed by atoms with Crippen LogP contribution in [0.4, 0.5) is 0 Å². The summed E-state index contributed by atoms with van der Waals surface area (Å²) in [6, 6.07) is 0. The van der Waals surface area contributed by atoms with E-state index in [1.165, 1.54) is 64.2 Å². The van der Waals surface area contributed by atoms with Crippen molar-refractivity contribution in [3.63, 3.8) is 0 Å². The molecular weight excluding hydrogens is 405 g/mol. The molecule has 2 atom stereocenters. The van der Waals surface area contributed by atoms with Gasteiger partial charge in [-0.25, -0.2) is 4.57 Å². The molecule has 1 unspecified atom stereocenters. The number of aliphatic hydroxyl groups excluding tert-OH is 1. The number of likely N-dealkylation sites (N-methyl/N-ethyl adjacent to an activating group) is 1. The first-order valence-electron chi connectivity index (χ1n) is 11.8. The Bertz CT molecular complexity index is 430. The molecule has 0 saturated heterocycles. The largest absolute Gasteiger partial charge is 0.472 e. The quantitative estimate of drug-likeness (QED) is 0.137. The molecule has 0 amide bonds. The Hall–Kier alpha value is -0.0100. The van der Waals surface area contributed by atoms with E-state index >= 15 is 0 Å². The molecule has 0 aromatic carbocycles. The van der Waals surface area contributed by atoms with Gasteiger partial charge in [0.15, 0.2) is 0 Å². The Balaban J connectivity index is 3.62. The SMILES string of the molecule is CCCCCCCCCCCCCCO[C@@H](CO)COP(=O)(O)OCC[N+](C)(C)C. The average molecular weight is 455 g/mol. The molecule has 0 radical (unpaired) electrons. The fraction of sp³-hybridized carbons (Fsp3) is 1.00. The van der Waals surface area contributed by atoms with Gasteiger partial charge in [0.05, 0.1) is 34.4 Å². The lowest BCUT2D eigenvalue weighted by Gasteiger charge is -2.24. The summed E-state index contributed by atoms with van der Waals surface area (Å²) in [5, 5.41) is 9.38. The van der Waals surface area contributed by atoms with Gasteiger partial charge in [-0.1, -0.05) is 77.6 Å². The highest BCUT2D eigenvalue weighted by molar-refractivity contribution is 7.47. The number of aliphatic hydroxyl groups is 1. The molecule has 0 heterocycles. The van der Waals surface area contributed by atoms with Gasteiger partial charge < -0.3 is 19.2 Å². The number of rotatable bonds is 22. The van der Waals surface area contributed by atoms with E-state index in [-0.39, 0.29) is 19.8 Å². The third kappa shape index (κ3) is 21.2. The lowest BCUT2D eigenvalue weighted by atomic mass is 10.1. The van der Waals surface area contributed by atoms with Crippen molar-refractivity contribution >= 4 is 7.82 Å². The molecule has 0 aliphatic rings. The lowest BCUT2D eigenvalue weighted by Crippen LogP contribution is -2.37. The zero-order valence-corrected chi connectivity index (χ0v) is 20.9. The van der Waals surface area contributed by atoms with E-state index < -0.39 is 13.9 Å². The number of nitrogens with zero attached hydrogens (tertiary/aromatic N) is 1. The van der Waals surface area contributed by atoms with Crippen LogP contribution in [0.15, 0.2) is 0 Å². The second-order valence-electron chi connectivity index (χ2n) is 9.18. The Morgan fingerprint density at radius 2 is 1.30 bits per heavy atom. The van der Waals surface area contributed by atoms with Gasteiger partial charge in [0, 0.05) is 6.61 Å². The molecule has 0 spiro atoms. The maximum absolute atomic E-state index is 11.9. The fourth-order valence-corrected chi connectivity index (χ4v) is 3.73. The van der Waals surface area contributed by atoms with E-state index in [1.54, 1.807) is 0 Å². The van der Waals surface area contributed by atoms with Gasteiger partial charge in [-0.05, 0) is 6.42 Å². The molecule has 0 aromatic rings. The molecule has 0 aromatic heterocycles. The topological polar surface area (TPSA) is 85.2 Å². The van der Waals surface area contributed by atoms with Crippen LogP contribution in [0.3, 0.4) is 0 Å². The first-order chi connectivity index (χ1) is 14.2. The van der Waals surface area contributed by atoms with Crippen LogP contribution in [0.25, 0.3) is 0 Å². The van der Waals surface area contributed by atoms with E-state index in [4.69, 9.17) is 13.8 Å². The second kappa shape index (κ2) is 18.6. The van der Waals surface area contributed by atoms with Crippen LogP contribution in [-0.4, -0.2) is 74.7 Å². The van der Waals surface area contributed by atoms with Gasteiger partial charge in [0.25, 0.3) is 0 Å². The maximum Gasteiger partial charge on any atom is 0.472 e. The number of phosphoric acid groups is 1. The smallest absolute Gasteiger partial charge is 0.394 e. The second-order valence-corrected chi connectivity index (χ2v) is 10.6. The molecule has 0 saturated carbocycles. The van der Waals surface area contributed by atoms with Crippen LogP contribution in [-0.2, 0) is 18.3 Å². The molecule has 0 aliphatic heterocycles. The number of phosphoric ester groups is 1. The van der Waals surface area contributed by atoms with Gasteiger partial charge in [-0.15, -0.1) is 0 Å². The number of ether oxygens (including phenoxy) is 1. The minimum absolute atomic E-state index is 0.126. The highest BCUT2D eigenvalue weighted by Crippen LogP contribution is 2.43. The number of quaternary nitrogens is 1. The van der Waals surface area contributed by atoms with Gasteiger partial charge in [-0.2, -0.15) is 0 Å². The van der Waals surface area contributed by atoms with Crippen LogP contribution in [0.2, 0.25) is 0 Å². The van der Waals surface area contributed by atoms with Crippen LogP contribution in [0.1, 0.15) is 84.0 Å². The Labute approximate surface area is 185 Å². The molecule has 7 nitrogen and oxygen atoms in total. The fourth-order valence-electron chi connectivity index (χ4n) is 2.99. The summed E-state index contributed by atoms with van der Waals surface area (Å²) >= 11 is 0. The zero-order chi connectivity index (χ0) is 22.7. The molecule has 0 bridgehead atoms. The summed E-state index contributed by atoms with van der Waals surface area (Å²) in [5.74, 6) is 0. The van der Waals surface area contributed by atoms with Crippen molar-refractivity contribution in [1.82, 2.24) is 0 Å². The van der Waals surface area contributed by atoms with Crippen molar-refractivity contribution in [3.05, 3.63) is 0 Å². The van der Waals surface area contributed by atoms with Gasteiger partial charge in [0.1, 0.15) is 19.3 Å². The van der Waals surface area contributed by atoms with Crippen LogP contribution >= 0.6 is 7.82 Å². The van der Waals surface area contributed by atoms with E-state index in [0.29, 0.717) is 17.6 Å². The summed E-state index contributed by atoms with van der Waals surface area (Å²) in [7, 11) is 1.79. The normalized spacial score (nSPS) is 15.3. The summed E-state index contributed by atoms with van der Waals surface area (Å²) in [4.78, 5) is 9.71. The van der Waals surface area contributed by atoms with Crippen molar-refractivity contribution in [1.29, 1.82) is 0 Å². The lowest BCUT2D eigenvalue weighted by molar-refractivity contribution is -0.870. The van der Waals surface area contributed by atoms with Crippen molar-refractivity contribution in [3.8, 4) is 0 Å². The number of hydrogen-bond donors (Lipinski definition) is 2. The third-order valence-corrected chi connectivity index (χ3v) is 5.98. The predicted octanol–water partition coefficient (Wildman–Crippen LogP) is 4.90. The van der Waals surface area contributed by atoms with Crippen molar-refractivity contribution in [2.45, 2.75) is 90.1 Å². The Morgan fingerprint density at radius 3 is 1.77 bits per heavy atom. The van der Waals surface area contributed by atoms with Gasteiger partial charge in [-0.3, -0.25) is 9.05 Å². The molecule has 0 rings (SSSR count). The Morgan fingerprint density at radius 1 is 0.800 bits per heavy atom. The predicted molar refractivity (Wildman–Crippen MR) is 123 cm³/mol. The maximum atomic E-state index is 11.9. The Kier molecular flexibility index (Phi) is 18.5. The zero-order valence-electron chi connectivity index (χ0n) is 20.0. The van der Waals surface area contributed by atoms with Crippen LogP contribution in [0, 0.1) is 0 Å². The van der Waals surface area contributed by atoms with E-state index in [1.807, 2.05) is 21.1 Å². The van der Waals surface area contributed by atoms with Gasteiger partial charge >= 0.3 is 7.82 Å².